The second-order valence-corrected chi connectivity index (χ2v) is 6.03. The Morgan fingerprint density at radius 2 is 2.10 bits per heavy atom. The van der Waals surface area contributed by atoms with Gasteiger partial charge < -0.3 is 5.32 Å². The minimum absolute atomic E-state index is 0.259. The summed E-state index contributed by atoms with van der Waals surface area (Å²) in [5.74, 6) is 0. The van der Waals surface area contributed by atoms with E-state index in [1.54, 1.807) is 17.5 Å². The number of carbonyl (C=O) groups is 1. The average Bonchev–Trinajstić information content (AvgIpc) is 3.17. The first-order valence-corrected chi connectivity index (χ1v) is 8.01. The van der Waals surface area contributed by atoms with E-state index < -0.39 is 0 Å². The monoisotopic (exact) mass is 316 g/mol. The van der Waals surface area contributed by atoms with Crippen LogP contribution in [0.5, 0.6) is 0 Å². The normalized spacial score (nSPS) is 10.3. The van der Waals surface area contributed by atoms with Gasteiger partial charge in [-0.15, -0.1) is 22.7 Å². The number of hydrogen-bond donors (Lipinski definition) is 2. The van der Waals surface area contributed by atoms with E-state index >= 15 is 0 Å². The van der Waals surface area contributed by atoms with Gasteiger partial charge in [-0.1, -0.05) is 12.1 Å². The first kappa shape index (κ1) is 13.7. The smallest absolute Gasteiger partial charge is 0.321 e. The van der Waals surface area contributed by atoms with Crippen molar-refractivity contribution in [3.05, 3.63) is 52.2 Å². The molecule has 3 aromatic rings. The SMILES string of the molecule is O=C(NCc1cccs1)Nc1nc(-c2ccccn2)cs1. The van der Waals surface area contributed by atoms with Gasteiger partial charge in [0.2, 0.25) is 0 Å². The van der Waals surface area contributed by atoms with Gasteiger partial charge in [0.15, 0.2) is 5.13 Å². The number of hydrogen-bond acceptors (Lipinski definition) is 5. The quantitative estimate of drug-likeness (QED) is 0.773. The van der Waals surface area contributed by atoms with Gasteiger partial charge in [-0.25, -0.2) is 9.78 Å². The fourth-order valence-electron chi connectivity index (χ4n) is 1.68. The first-order valence-electron chi connectivity index (χ1n) is 6.25. The maximum Gasteiger partial charge on any atom is 0.321 e. The Labute approximate surface area is 129 Å². The Balaban J connectivity index is 1.58. The predicted molar refractivity (Wildman–Crippen MR) is 85.5 cm³/mol. The summed E-state index contributed by atoms with van der Waals surface area (Å²) in [7, 11) is 0. The van der Waals surface area contributed by atoms with Crippen molar-refractivity contribution >= 4 is 33.8 Å². The van der Waals surface area contributed by atoms with Crippen LogP contribution in [0.3, 0.4) is 0 Å². The number of anilines is 1. The van der Waals surface area contributed by atoms with Crippen molar-refractivity contribution in [3.63, 3.8) is 0 Å². The van der Waals surface area contributed by atoms with Gasteiger partial charge in [-0.05, 0) is 23.6 Å². The van der Waals surface area contributed by atoms with Crippen LogP contribution in [-0.4, -0.2) is 16.0 Å². The summed E-state index contributed by atoms with van der Waals surface area (Å²) < 4.78 is 0. The topological polar surface area (TPSA) is 66.9 Å². The lowest BCUT2D eigenvalue weighted by Crippen LogP contribution is -2.27. The van der Waals surface area contributed by atoms with Crippen molar-refractivity contribution in [1.82, 2.24) is 15.3 Å². The van der Waals surface area contributed by atoms with Gasteiger partial charge in [0, 0.05) is 16.5 Å². The molecule has 21 heavy (non-hydrogen) atoms. The second-order valence-electron chi connectivity index (χ2n) is 4.14. The number of nitrogens with one attached hydrogen (secondary N) is 2. The Hall–Kier alpha value is -2.25. The molecule has 7 heteroatoms. The number of aromatic nitrogens is 2. The molecule has 0 saturated heterocycles. The third-order valence-electron chi connectivity index (χ3n) is 2.66. The van der Waals surface area contributed by atoms with Crippen molar-refractivity contribution in [2.45, 2.75) is 6.54 Å². The molecule has 0 aliphatic rings. The number of nitrogens with zero attached hydrogens (tertiary/aromatic N) is 2. The van der Waals surface area contributed by atoms with Crippen LogP contribution in [0, 0.1) is 0 Å². The van der Waals surface area contributed by atoms with Gasteiger partial charge in [-0.3, -0.25) is 10.3 Å². The fraction of sp³-hybridized carbons (Fsp3) is 0.0714. The zero-order chi connectivity index (χ0) is 14.5. The van der Waals surface area contributed by atoms with Crippen molar-refractivity contribution in [2.24, 2.45) is 0 Å². The molecule has 0 aliphatic heterocycles. The Kier molecular flexibility index (Phi) is 4.23. The Morgan fingerprint density at radius 3 is 2.86 bits per heavy atom. The standard InChI is InChI=1S/C14H12N4OS2/c19-13(16-8-10-4-3-7-20-10)18-14-17-12(9-21-14)11-5-1-2-6-15-11/h1-7,9H,8H2,(H2,16,17,18,19). The maximum absolute atomic E-state index is 11.8. The van der Waals surface area contributed by atoms with Gasteiger partial charge in [-0.2, -0.15) is 0 Å². The molecule has 3 heterocycles. The van der Waals surface area contributed by atoms with E-state index in [4.69, 9.17) is 0 Å². The van der Waals surface area contributed by atoms with Crippen LogP contribution in [0.1, 0.15) is 4.88 Å². The number of pyridine rings is 1. The molecule has 0 radical (unpaired) electrons. The summed E-state index contributed by atoms with van der Waals surface area (Å²) in [5, 5.41) is 9.93. The third kappa shape index (κ3) is 3.65. The van der Waals surface area contributed by atoms with Crippen molar-refractivity contribution in [1.29, 1.82) is 0 Å². The van der Waals surface area contributed by atoms with Crippen LogP contribution in [0.2, 0.25) is 0 Å². The van der Waals surface area contributed by atoms with E-state index in [9.17, 15) is 4.79 Å². The van der Waals surface area contributed by atoms with Crippen LogP contribution in [0.4, 0.5) is 9.93 Å². The highest BCUT2D eigenvalue weighted by molar-refractivity contribution is 7.14. The average molecular weight is 316 g/mol. The molecular formula is C14H12N4OS2. The van der Waals surface area contributed by atoms with Crippen LogP contribution in [0.25, 0.3) is 11.4 Å². The highest BCUT2D eigenvalue weighted by atomic mass is 32.1. The molecule has 0 fully saturated rings. The summed E-state index contributed by atoms with van der Waals surface area (Å²) in [5.41, 5.74) is 1.55. The van der Waals surface area contributed by atoms with Gasteiger partial charge in [0.05, 0.1) is 12.2 Å². The molecule has 0 bridgehead atoms. The zero-order valence-electron chi connectivity index (χ0n) is 10.9. The molecular weight excluding hydrogens is 304 g/mol. The highest BCUT2D eigenvalue weighted by Gasteiger charge is 2.08. The van der Waals surface area contributed by atoms with Gasteiger partial charge in [0.1, 0.15) is 5.69 Å². The first-order chi connectivity index (χ1) is 10.3. The lowest BCUT2D eigenvalue weighted by atomic mass is 10.3. The number of urea groups is 1. The van der Waals surface area contributed by atoms with Crippen molar-refractivity contribution < 1.29 is 4.79 Å². The lowest BCUT2D eigenvalue weighted by Gasteiger charge is -2.03. The van der Waals surface area contributed by atoms with E-state index in [2.05, 4.69) is 20.6 Å². The number of thiazole rings is 1. The van der Waals surface area contributed by atoms with Gasteiger partial charge in [0.25, 0.3) is 0 Å². The van der Waals surface area contributed by atoms with E-state index in [1.807, 2.05) is 41.1 Å². The van der Waals surface area contributed by atoms with Crippen LogP contribution < -0.4 is 10.6 Å². The van der Waals surface area contributed by atoms with Crippen LogP contribution in [0.15, 0.2) is 47.3 Å². The van der Waals surface area contributed by atoms with Crippen LogP contribution >= 0.6 is 22.7 Å². The molecule has 2 amide bonds. The number of carbonyl (C=O) groups excluding carboxylic acids is 1. The molecule has 0 saturated carbocycles. The lowest BCUT2D eigenvalue weighted by molar-refractivity contribution is 0.252. The summed E-state index contributed by atoms with van der Waals surface area (Å²) in [6.45, 7) is 0.516. The second kappa shape index (κ2) is 6.47. The molecule has 0 unspecified atom stereocenters. The molecule has 106 valence electrons. The van der Waals surface area contributed by atoms with Crippen molar-refractivity contribution in [3.8, 4) is 11.4 Å². The molecule has 0 aliphatic carbocycles. The molecule has 0 spiro atoms. The summed E-state index contributed by atoms with van der Waals surface area (Å²) >= 11 is 2.98. The largest absolute Gasteiger partial charge is 0.333 e. The maximum atomic E-state index is 11.8. The Morgan fingerprint density at radius 1 is 1.14 bits per heavy atom. The molecule has 0 atom stereocenters. The van der Waals surface area contributed by atoms with Crippen molar-refractivity contribution in [2.75, 3.05) is 5.32 Å². The summed E-state index contributed by atoms with van der Waals surface area (Å²) in [6, 6.07) is 9.32. The number of amides is 2. The number of thiophene rings is 1. The summed E-state index contributed by atoms with van der Waals surface area (Å²) in [4.78, 5) is 21.5. The van der Waals surface area contributed by atoms with Crippen LogP contribution in [-0.2, 0) is 6.54 Å². The Bertz CT molecular complexity index is 710. The third-order valence-corrected chi connectivity index (χ3v) is 4.29. The fourth-order valence-corrected chi connectivity index (χ4v) is 3.03. The zero-order valence-corrected chi connectivity index (χ0v) is 12.6. The van der Waals surface area contributed by atoms with E-state index in [0.717, 1.165) is 16.3 Å². The molecule has 5 nitrogen and oxygen atoms in total. The summed E-state index contributed by atoms with van der Waals surface area (Å²) in [6.07, 6.45) is 1.72. The minimum Gasteiger partial charge on any atom is -0.333 e. The van der Waals surface area contributed by atoms with Gasteiger partial charge >= 0.3 is 6.03 Å². The molecule has 3 rings (SSSR count). The predicted octanol–water partition coefficient (Wildman–Crippen LogP) is 3.59. The van der Waals surface area contributed by atoms with E-state index in [0.29, 0.717) is 11.7 Å². The number of rotatable bonds is 4. The minimum atomic E-state index is -0.259. The molecule has 2 N–H and O–H groups in total. The highest BCUT2D eigenvalue weighted by Crippen LogP contribution is 2.22. The molecule has 0 aromatic carbocycles. The molecule has 3 aromatic heterocycles. The van der Waals surface area contributed by atoms with E-state index in [-0.39, 0.29) is 6.03 Å². The van der Waals surface area contributed by atoms with E-state index in [1.165, 1.54) is 11.3 Å².